The lowest BCUT2D eigenvalue weighted by Gasteiger charge is -2.26. The molecule has 0 bridgehead atoms. The van der Waals surface area contributed by atoms with Gasteiger partial charge >= 0.3 is 11.8 Å². The topological polar surface area (TPSA) is 87.7 Å². The number of carbonyl (C=O) groups is 2. The number of hydrogen-bond acceptors (Lipinski definition) is 4. The molecule has 2 amide bonds. The highest BCUT2D eigenvalue weighted by atomic mass is 16.5. The van der Waals surface area contributed by atoms with Gasteiger partial charge in [-0.15, -0.1) is 0 Å². The zero-order valence-corrected chi connectivity index (χ0v) is 14.1. The number of amides is 2. The number of aliphatic hydroxyl groups excluding tert-OH is 1. The summed E-state index contributed by atoms with van der Waals surface area (Å²) in [5, 5.41) is 15.2. The van der Waals surface area contributed by atoms with Gasteiger partial charge in [0, 0.05) is 13.1 Å². The Morgan fingerprint density at radius 1 is 1.12 bits per heavy atom. The van der Waals surface area contributed by atoms with Gasteiger partial charge in [0.05, 0.1) is 13.2 Å². The van der Waals surface area contributed by atoms with Gasteiger partial charge in [-0.2, -0.15) is 0 Å². The quantitative estimate of drug-likeness (QED) is 0.686. The molecular weight excluding hydrogens is 308 g/mol. The van der Waals surface area contributed by atoms with E-state index in [0.29, 0.717) is 0 Å². The smallest absolute Gasteiger partial charge is 0.309 e. The summed E-state index contributed by atoms with van der Waals surface area (Å²) in [6, 6.07) is 7.23. The summed E-state index contributed by atoms with van der Waals surface area (Å²) >= 11 is 0. The second-order valence-electron chi connectivity index (χ2n) is 6.21. The number of benzene rings is 1. The maximum Gasteiger partial charge on any atom is 0.309 e. The molecule has 1 aromatic carbocycles. The third kappa shape index (κ3) is 5.53. The lowest BCUT2D eigenvalue weighted by Crippen LogP contribution is -2.44. The van der Waals surface area contributed by atoms with Crippen molar-refractivity contribution in [3.05, 3.63) is 29.8 Å². The van der Waals surface area contributed by atoms with Crippen molar-refractivity contribution in [3.8, 4) is 5.75 Å². The first-order valence-electron chi connectivity index (χ1n) is 8.47. The first kappa shape index (κ1) is 18.3. The van der Waals surface area contributed by atoms with Crippen molar-refractivity contribution in [3.63, 3.8) is 0 Å². The highest BCUT2D eigenvalue weighted by molar-refractivity contribution is 6.35. The highest BCUT2D eigenvalue weighted by Crippen LogP contribution is 2.26. The van der Waals surface area contributed by atoms with E-state index in [0.717, 1.165) is 37.0 Å². The molecule has 0 spiro atoms. The standard InChI is InChI=1S/C18H26N2O4/c1-24-15-9-7-13(8-10-15)11-19-17(22)18(23)20-12-16(21)14-5-3-2-4-6-14/h7-10,14,16,21H,2-6,11-12H2,1H3,(H,19,22)(H,20,23). The van der Waals surface area contributed by atoms with Crippen LogP contribution in [-0.4, -0.2) is 36.7 Å². The lowest BCUT2D eigenvalue weighted by atomic mass is 9.85. The van der Waals surface area contributed by atoms with Gasteiger partial charge in [-0.3, -0.25) is 9.59 Å². The maximum atomic E-state index is 11.8. The maximum absolute atomic E-state index is 11.8. The molecule has 0 radical (unpaired) electrons. The Morgan fingerprint density at radius 3 is 2.38 bits per heavy atom. The molecular formula is C18H26N2O4. The van der Waals surface area contributed by atoms with Crippen molar-refractivity contribution in [2.45, 2.75) is 44.8 Å². The predicted molar refractivity (Wildman–Crippen MR) is 90.4 cm³/mol. The van der Waals surface area contributed by atoms with E-state index in [1.165, 1.54) is 6.42 Å². The number of aliphatic hydroxyl groups is 1. The number of methoxy groups -OCH3 is 1. The predicted octanol–water partition coefficient (Wildman–Crippen LogP) is 1.37. The van der Waals surface area contributed by atoms with Crippen LogP contribution in [0.3, 0.4) is 0 Å². The van der Waals surface area contributed by atoms with E-state index in [4.69, 9.17) is 4.74 Å². The monoisotopic (exact) mass is 334 g/mol. The van der Waals surface area contributed by atoms with Crippen molar-refractivity contribution < 1.29 is 19.4 Å². The van der Waals surface area contributed by atoms with E-state index in [1.807, 2.05) is 12.1 Å². The Bertz CT molecular complexity index is 538. The number of nitrogens with one attached hydrogen (secondary N) is 2. The normalized spacial score (nSPS) is 16.2. The van der Waals surface area contributed by atoms with E-state index in [2.05, 4.69) is 10.6 Å². The molecule has 132 valence electrons. The molecule has 3 N–H and O–H groups in total. The molecule has 6 nitrogen and oxygen atoms in total. The molecule has 1 atom stereocenters. The minimum absolute atomic E-state index is 0.124. The summed E-state index contributed by atoms with van der Waals surface area (Å²) in [4.78, 5) is 23.6. The van der Waals surface area contributed by atoms with E-state index >= 15 is 0 Å². The second-order valence-corrected chi connectivity index (χ2v) is 6.21. The summed E-state index contributed by atoms with van der Waals surface area (Å²) in [6.45, 7) is 0.390. The summed E-state index contributed by atoms with van der Waals surface area (Å²) in [5.41, 5.74) is 0.874. The number of rotatable bonds is 6. The van der Waals surface area contributed by atoms with Crippen LogP contribution in [0.15, 0.2) is 24.3 Å². The first-order valence-corrected chi connectivity index (χ1v) is 8.47. The molecule has 0 aliphatic heterocycles. The van der Waals surface area contributed by atoms with Crippen molar-refractivity contribution in [2.24, 2.45) is 5.92 Å². The highest BCUT2D eigenvalue weighted by Gasteiger charge is 2.23. The van der Waals surface area contributed by atoms with Crippen LogP contribution in [0.25, 0.3) is 0 Å². The van der Waals surface area contributed by atoms with Crippen molar-refractivity contribution in [2.75, 3.05) is 13.7 Å². The average molecular weight is 334 g/mol. The second kappa shape index (κ2) is 9.27. The molecule has 24 heavy (non-hydrogen) atoms. The van der Waals surface area contributed by atoms with Gasteiger partial charge in [-0.1, -0.05) is 31.4 Å². The Kier molecular flexibility index (Phi) is 7.06. The van der Waals surface area contributed by atoms with Crippen LogP contribution in [-0.2, 0) is 16.1 Å². The Balaban J connectivity index is 1.70. The summed E-state index contributed by atoms with van der Waals surface area (Å²) < 4.78 is 5.06. The zero-order valence-electron chi connectivity index (χ0n) is 14.1. The summed E-state index contributed by atoms with van der Waals surface area (Å²) in [5.74, 6) is -0.444. The van der Waals surface area contributed by atoms with E-state index in [1.54, 1.807) is 19.2 Å². The molecule has 0 aromatic heterocycles. The molecule has 1 unspecified atom stereocenters. The van der Waals surface area contributed by atoms with Crippen LogP contribution in [0.1, 0.15) is 37.7 Å². The Morgan fingerprint density at radius 2 is 1.75 bits per heavy atom. The van der Waals surface area contributed by atoms with Crippen LogP contribution in [0, 0.1) is 5.92 Å². The summed E-state index contributed by atoms with van der Waals surface area (Å²) in [6.07, 6.45) is 4.85. The van der Waals surface area contributed by atoms with Gasteiger partial charge in [-0.25, -0.2) is 0 Å². The van der Waals surface area contributed by atoms with Crippen molar-refractivity contribution in [1.82, 2.24) is 10.6 Å². The van der Waals surface area contributed by atoms with Gasteiger partial charge < -0.3 is 20.5 Å². The SMILES string of the molecule is COc1ccc(CNC(=O)C(=O)NCC(O)C2CCCCC2)cc1. The Labute approximate surface area is 142 Å². The van der Waals surface area contributed by atoms with Gasteiger partial charge in [-0.05, 0) is 36.5 Å². The molecule has 1 fully saturated rings. The fourth-order valence-electron chi connectivity index (χ4n) is 2.97. The molecule has 2 rings (SSSR count). The zero-order chi connectivity index (χ0) is 17.4. The first-order chi connectivity index (χ1) is 11.6. The minimum Gasteiger partial charge on any atom is -0.497 e. The van der Waals surface area contributed by atoms with Crippen LogP contribution in [0.2, 0.25) is 0 Å². The van der Waals surface area contributed by atoms with Gasteiger partial charge in [0.25, 0.3) is 0 Å². The molecule has 0 heterocycles. The van der Waals surface area contributed by atoms with Crippen LogP contribution in [0.5, 0.6) is 5.75 Å². The van der Waals surface area contributed by atoms with Crippen molar-refractivity contribution in [1.29, 1.82) is 0 Å². The number of hydrogen-bond donors (Lipinski definition) is 3. The van der Waals surface area contributed by atoms with Crippen LogP contribution < -0.4 is 15.4 Å². The van der Waals surface area contributed by atoms with Gasteiger partial charge in [0.1, 0.15) is 5.75 Å². The lowest BCUT2D eigenvalue weighted by molar-refractivity contribution is -0.139. The molecule has 1 aromatic rings. The minimum atomic E-state index is -0.710. The fraction of sp³-hybridized carbons (Fsp3) is 0.556. The fourth-order valence-corrected chi connectivity index (χ4v) is 2.97. The van der Waals surface area contributed by atoms with E-state index in [-0.39, 0.29) is 19.0 Å². The largest absolute Gasteiger partial charge is 0.497 e. The molecule has 1 aliphatic rings. The van der Waals surface area contributed by atoms with E-state index < -0.39 is 17.9 Å². The third-order valence-electron chi connectivity index (χ3n) is 4.48. The van der Waals surface area contributed by atoms with Gasteiger partial charge in [0.2, 0.25) is 0 Å². The molecule has 1 saturated carbocycles. The van der Waals surface area contributed by atoms with Crippen molar-refractivity contribution >= 4 is 11.8 Å². The average Bonchev–Trinajstić information content (AvgIpc) is 2.64. The number of carbonyl (C=O) groups excluding carboxylic acids is 2. The molecule has 0 saturated heterocycles. The number of ether oxygens (including phenoxy) is 1. The third-order valence-corrected chi connectivity index (χ3v) is 4.48. The van der Waals surface area contributed by atoms with Gasteiger partial charge in [0.15, 0.2) is 0 Å². The van der Waals surface area contributed by atoms with Crippen LogP contribution >= 0.6 is 0 Å². The van der Waals surface area contributed by atoms with Crippen LogP contribution in [0.4, 0.5) is 0 Å². The van der Waals surface area contributed by atoms with E-state index in [9.17, 15) is 14.7 Å². The summed E-state index contributed by atoms with van der Waals surface area (Å²) in [7, 11) is 1.59. The Hall–Kier alpha value is -2.08. The molecule has 6 heteroatoms. The molecule has 1 aliphatic carbocycles.